The van der Waals surface area contributed by atoms with Crippen LogP contribution in [-0.4, -0.2) is 30.2 Å². The number of rotatable bonds is 8. The lowest BCUT2D eigenvalue weighted by atomic mass is 10.1. The zero-order chi connectivity index (χ0) is 18.2. The van der Waals surface area contributed by atoms with Gasteiger partial charge in [-0.25, -0.2) is 0 Å². The Hall–Kier alpha value is -2.63. The largest absolute Gasteiger partial charge is 0.456 e. The van der Waals surface area contributed by atoms with Gasteiger partial charge in [0.15, 0.2) is 6.61 Å². The average molecular weight is 344 g/mol. The summed E-state index contributed by atoms with van der Waals surface area (Å²) in [6.45, 7) is 5.94. The summed E-state index contributed by atoms with van der Waals surface area (Å²) in [5, 5.41) is 6.60. The first-order chi connectivity index (χ1) is 12.0. The molecule has 0 radical (unpaired) electrons. The molecule has 0 unspecified atom stereocenters. The summed E-state index contributed by atoms with van der Waals surface area (Å²) >= 11 is 0. The van der Waals surface area contributed by atoms with Crippen LogP contribution in [0.15, 0.2) is 28.8 Å². The predicted octanol–water partition coefficient (Wildman–Crippen LogP) is 2.43. The molecular formula is C19H24N2O4. The molecule has 1 heterocycles. The van der Waals surface area contributed by atoms with Crippen molar-refractivity contribution in [1.29, 1.82) is 0 Å². The molecule has 1 aromatic heterocycles. The Morgan fingerprint density at radius 1 is 1.16 bits per heavy atom. The second kappa shape index (κ2) is 9.01. The standard InChI is InChI=1S/C19H24N2O4/c1-13-6-4-5-7-16(13)10-11-20-18(22)12-24-19(23)9-8-17-14(2)21-25-15(17)3/h4-7H,8-12H2,1-3H3,(H,20,22). The van der Waals surface area contributed by atoms with Gasteiger partial charge in [-0.15, -0.1) is 0 Å². The second-order valence-electron chi connectivity index (χ2n) is 5.99. The molecule has 0 fully saturated rings. The van der Waals surface area contributed by atoms with Crippen LogP contribution in [0, 0.1) is 20.8 Å². The van der Waals surface area contributed by atoms with Crippen LogP contribution in [0.2, 0.25) is 0 Å². The topological polar surface area (TPSA) is 81.4 Å². The van der Waals surface area contributed by atoms with Crippen molar-refractivity contribution < 1.29 is 18.8 Å². The van der Waals surface area contributed by atoms with Crippen molar-refractivity contribution in [2.45, 2.75) is 40.0 Å². The normalized spacial score (nSPS) is 10.5. The zero-order valence-corrected chi connectivity index (χ0v) is 14.9. The molecular weight excluding hydrogens is 320 g/mol. The third-order valence-corrected chi connectivity index (χ3v) is 4.10. The zero-order valence-electron chi connectivity index (χ0n) is 14.9. The lowest BCUT2D eigenvalue weighted by molar-refractivity contribution is -0.148. The number of aromatic nitrogens is 1. The highest BCUT2D eigenvalue weighted by Gasteiger charge is 2.13. The summed E-state index contributed by atoms with van der Waals surface area (Å²) in [6, 6.07) is 8.04. The van der Waals surface area contributed by atoms with E-state index >= 15 is 0 Å². The first-order valence-corrected chi connectivity index (χ1v) is 8.36. The van der Waals surface area contributed by atoms with Gasteiger partial charge in [0.2, 0.25) is 0 Å². The summed E-state index contributed by atoms with van der Waals surface area (Å²) in [5.41, 5.74) is 4.08. The Morgan fingerprint density at radius 2 is 1.92 bits per heavy atom. The number of carbonyl (C=O) groups excluding carboxylic acids is 2. The molecule has 6 heteroatoms. The lowest BCUT2D eigenvalue weighted by Crippen LogP contribution is -2.30. The van der Waals surface area contributed by atoms with Gasteiger partial charge in [0.05, 0.1) is 5.69 Å². The van der Waals surface area contributed by atoms with Crippen molar-refractivity contribution in [2.75, 3.05) is 13.2 Å². The molecule has 2 rings (SSSR count). The van der Waals surface area contributed by atoms with E-state index in [0.29, 0.717) is 18.7 Å². The monoisotopic (exact) mass is 344 g/mol. The molecule has 0 aliphatic carbocycles. The number of benzene rings is 1. The number of carbonyl (C=O) groups is 2. The van der Waals surface area contributed by atoms with Crippen molar-refractivity contribution in [1.82, 2.24) is 10.5 Å². The summed E-state index contributed by atoms with van der Waals surface area (Å²) in [7, 11) is 0. The fourth-order valence-corrected chi connectivity index (χ4v) is 2.58. The van der Waals surface area contributed by atoms with Gasteiger partial charge < -0.3 is 14.6 Å². The van der Waals surface area contributed by atoms with Crippen LogP contribution in [0.1, 0.15) is 34.6 Å². The van der Waals surface area contributed by atoms with Crippen molar-refractivity contribution in [2.24, 2.45) is 0 Å². The van der Waals surface area contributed by atoms with Gasteiger partial charge in [-0.2, -0.15) is 0 Å². The van der Waals surface area contributed by atoms with Crippen LogP contribution in [0.5, 0.6) is 0 Å². The predicted molar refractivity (Wildman–Crippen MR) is 93.1 cm³/mol. The molecule has 0 atom stereocenters. The van der Waals surface area contributed by atoms with Gasteiger partial charge in [-0.1, -0.05) is 29.4 Å². The molecule has 0 spiro atoms. The number of nitrogens with zero attached hydrogens (tertiary/aromatic N) is 1. The van der Waals surface area contributed by atoms with Crippen molar-refractivity contribution in [3.05, 3.63) is 52.4 Å². The van der Waals surface area contributed by atoms with Crippen LogP contribution < -0.4 is 5.32 Å². The van der Waals surface area contributed by atoms with E-state index in [-0.39, 0.29) is 18.9 Å². The number of ether oxygens (including phenoxy) is 1. The van der Waals surface area contributed by atoms with Crippen LogP contribution >= 0.6 is 0 Å². The van der Waals surface area contributed by atoms with E-state index in [0.717, 1.165) is 17.7 Å². The van der Waals surface area contributed by atoms with Crippen molar-refractivity contribution in [3.8, 4) is 0 Å². The summed E-state index contributed by atoms with van der Waals surface area (Å²) in [5.74, 6) is 0.00701. The van der Waals surface area contributed by atoms with E-state index < -0.39 is 5.97 Å². The molecule has 134 valence electrons. The van der Waals surface area contributed by atoms with Gasteiger partial charge in [0.1, 0.15) is 5.76 Å². The number of hydrogen-bond acceptors (Lipinski definition) is 5. The molecule has 0 aliphatic heterocycles. The molecule has 0 saturated carbocycles. The average Bonchev–Trinajstić information content (AvgIpc) is 2.91. The Labute approximate surface area is 147 Å². The van der Waals surface area contributed by atoms with Crippen molar-refractivity contribution in [3.63, 3.8) is 0 Å². The summed E-state index contributed by atoms with van der Waals surface area (Å²) < 4.78 is 10.1. The van der Waals surface area contributed by atoms with Gasteiger partial charge in [-0.05, 0) is 44.7 Å². The molecule has 1 N–H and O–H groups in total. The Morgan fingerprint density at radius 3 is 2.60 bits per heavy atom. The third-order valence-electron chi connectivity index (χ3n) is 4.10. The Kier molecular flexibility index (Phi) is 6.74. The van der Waals surface area contributed by atoms with E-state index in [9.17, 15) is 9.59 Å². The molecule has 0 saturated heterocycles. The van der Waals surface area contributed by atoms with E-state index in [2.05, 4.69) is 10.5 Å². The fraction of sp³-hybridized carbons (Fsp3) is 0.421. The highest BCUT2D eigenvalue weighted by Crippen LogP contribution is 2.14. The minimum atomic E-state index is -0.408. The van der Waals surface area contributed by atoms with Crippen LogP contribution in [0.4, 0.5) is 0 Å². The molecule has 6 nitrogen and oxygen atoms in total. The van der Waals surface area contributed by atoms with Gasteiger partial charge in [-0.3, -0.25) is 9.59 Å². The van der Waals surface area contributed by atoms with Gasteiger partial charge in [0, 0.05) is 18.5 Å². The van der Waals surface area contributed by atoms with E-state index in [1.807, 2.05) is 45.0 Å². The molecule has 1 amide bonds. The highest BCUT2D eigenvalue weighted by molar-refractivity contribution is 5.80. The molecule has 2 aromatic rings. The maximum atomic E-state index is 11.8. The highest BCUT2D eigenvalue weighted by atomic mass is 16.5. The van der Waals surface area contributed by atoms with Gasteiger partial charge >= 0.3 is 5.97 Å². The van der Waals surface area contributed by atoms with Gasteiger partial charge in [0.25, 0.3) is 5.91 Å². The van der Waals surface area contributed by atoms with Crippen LogP contribution in [0.25, 0.3) is 0 Å². The Balaban J connectivity index is 1.64. The maximum Gasteiger partial charge on any atom is 0.306 e. The number of hydrogen-bond donors (Lipinski definition) is 1. The molecule has 25 heavy (non-hydrogen) atoms. The first kappa shape index (κ1) is 18.7. The molecule has 1 aromatic carbocycles. The smallest absolute Gasteiger partial charge is 0.306 e. The number of esters is 1. The fourth-order valence-electron chi connectivity index (χ4n) is 2.58. The minimum absolute atomic E-state index is 0.194. The third kappa shape index (κ3) is 5.74. The quantitative estimate of drug-likeness (QED) is 0.744. The van der Waals surface area contributed by atoms with E-state index in [4.69, 9.17) is 9.26 Å². The SMILES string of the molecule is Cc1ccccc1CCNC(=O)COC(=O)CCc1c(C)noc1C. The Bertz CT molecular complexity index is 717. The second-order valence-corrected chi connectivity index (χ2v) is 5.99. The number of aryl methyl sites for hydroxylation is 3. The summed E-state index contributed by atoms with van der Waals surface area (Å²) in [6.07, 6.45) is 1.44. The van der Waals surface area contributed by atoms with Crippen molar-refractivity contribution >= 4 is 11.9 Å². The minimum Gasteiger partial charge on any atom is -0.456 e. The summed E-state index contributed by atoms with van der Waals surface area (Å²) in [4.78, 5) is 23.5. The molecule has 0 bridgehead atoms. The number of nitrogens with one attached hydrogen (secondary N) is 1. The number of amides is 1. The maximum absolute atomic E-state index is 11.8. The van der Waals surface area contributed by atoms with E-state index in [1.54, 1.807) is 0 Å². The molecule has 0 aliphatic rings. The van der Waals surface area contributed by atoms with Crippen LogP contribution in [0.3, 0.4) is 0 Å². The van der Waals surface area contributed by atoms with E-state index in [1.165, 1.54) is 11.1 Å². The lowest BCUT2D eigenvalue weighted by Gasteiger charge is -2.08. The first-order valence-electron chi connectivity index (χ1n) is 8.36. The van der Waals surface area contributed by atoms with Crippen LogP contribution in [-0.2, 0) is 27.2 Å².